The lowest BCUT2D eigenvalue weighted by Gasteiger charge is -2.10. The van der Waals surface area contributed by atoms with Crippen LogP contribution in [0.2, 0.25) is 0 Å². The van der Waals surface area contributed by atoms with Gasteiger partial charge in [0.1, 0.15) is 12.4 Å². The van der Waals surface area contributed by atoms with Gasteiger partial charge in [-0.3, -0.25) is 0 Å². The number of amidine groups is 1. The van der Waals surface area contributed by atoms with E-state index in [0.717, 1.165) is 11.1 Å². The van der Waals surface area contributed by atoms with Crippen LogP contribution in [0.4, 0.5) is 0 Å². The number of para-hydroxylation sites is 1. The summed E-state index contributed by atoms with van der Waals surface area (Å²) in [6.45, 7) is 0.325. The van der Waals surface area contributed by atoms with Gasteiger partial charge in [0.2, 0.25) is 0 Å². The lowest BCUT2D eigenvalue weighted by molar-refractivity contribution is 0.259. The third-order valence-electron chi connectivity index (χ3n) is 2.89. The molecule has 0 radical (unpaired) electrons. The molecular formula is C15H16N2O3. The molecule has 5 heteroatoms. The van der Waals surface area contributed by atoms with E-state index in [1.807, 2.05) is 36.4 Å². The smallest absolute Gasteiger partial charge is 0.170 e. The minimum Gasteiger partial charge on any atom is -0.489 e. The van der Waals surface area contributed by atoms with E-state index in [1.165, 1.54) is 0 Å². The largest absolute Gasteiger partial charge is 0.489 e. The topological polar surface area (TPSA) is 88.1 Å². The van der Waals surface area contributed by atoms with Gasteiger partial charge in [-0.1, -0.05) is 47.6 Å². The molecule has 2 aromatic rings. The summed E-state index contributed by atoms with van der Waals surface area (Å²) in [5, 5.41) is 20.7. The van der Waals surface area contributed by atoms with Crippen LogP contribution in [0, 0.1) is 0 Å². The Bertz CT molecular complexity index is 594. The number of oxime groups is 1. The van der Waals surface area contributed by atoms with Gasteiger partial charge in [-0.2, -0.15) is 0 Å². The highest BCUT2D eigenvalue weighted by atomic mass is 16.5. The van der Waals surface area contributed by atoms with Crippen molar-refractivity contribution in [1.82, 2.24) is 0 Å². The highest BCUT2D eigenvalue weighted by Gasteiger charge is 2.03. The van der Waals surface area contributed by atoms with E-state index in [0.29, 0.717) is 17.9 Å². The molecule has 0 bridgehead atoms. The van der Waals surface area contributed by atoms with Gasteiger partial charge < -0.3 is 20.8 Å². The Balaban J connectivity index is 2.04. The number of hydrogen-bond acceptors (Lipinski definition) is 4. The molecule has 0 aliphatic carbocycles. The first-order valence-corrected chi connectivity index (χ1v) is 6.13. The number of ether oxygens (including phenoxy) is 1. The van der Waals surface area contributed by atoms with Gasteiger partial charge in [-0.15, -0.1) is 0 Å². The maximum Gasteiger partial charge on any atom is 0.170 e. The van der Waals surface area contributed by atoms with Crippen molar-refractivity contribution in [3.63, 3.8) is 0 Å². The standard InChI is InChI=1S/C15H16N2O3/c16-15(17-19)12-7-5-11(6-8-12)10-20-14-4-2-1-3-13(14)9-18/h1-8,18-19H,9-10H2,(H2,16,17). The van der Waals surface area contributed by atoms with Crippen molar-refractivity contribution < 1.29 is 15.1 Å². The Kier molecular flexibility index (Phi) is 4.57. The summed E-state index contributed by atoms with van der Waals surface area (Å²) in [5.74, 6) is 0.735. The maximum absolute atomic E-state index is 9.21. The Morgan fingerprint density at radius 2 is 1.80 bits per heavy atom. The third kappa shape index (κ3) is 3.27. The molecule has 0 unspecified atom stereocenters. The van der Waals surface area contributed by atoms with Gasteiger partial charge in [0.05, 0.1) is 6.61 Å². The molecule has 0 atom stereocenters. The molecular weight excluding hydrogens is 256 g/mol. The van der Waals surface area contributed by atoms with Crippen molar-refractivity contribution in [3.05, 3.63) is 65.2 Å². The number of benzene rings is 2. The van der Waals surface area contributed by atoms with Gasteiger partial charge in [0.25, 0.3) is 0 Å². The van der Waals surface area contributed by atoms with E-state index >= 15 is 0 Å². The second-order valence-electron chi connectivity index (χ2n) is 4.24. The molecule has 20 heavy (non-hydrogen) atoms. The van der Waals surface area contributed by atoms with Gasteiger partial charge in [0.15, 0.2) is 5.84 Å². The van der Waals surface area contributed by atoms with Crippen LogP contribution in [0.15, 0.2) is 53.7 Å². The summed E-state index contributed by atoms with van der Waals surface area (Å²) in [7, 11) is 0. The van der Waals surface area contributed by atoms with Crippen LogP contribution in [0.25, 0.3) is 0 Å². The second kappa shape index (κ2) is 6.58. The molecule has 0 fully saturated rings. The fourth-order valence-corrected chi connectivity index (χ4v) is 1.77. The fraction of sp³-hybridized carbons (Fsp3) is 0.133. The lowest BCUT2D eigenvalue weighted by Crippen LogP contribution is -2.12. The summed E-state index contributed by atoms with van der Waals surface area (Å²) in [5.41, 5.74) is 7.84. The molecule has 4 N–H and O–H groups in total. The average Bonchev–Trinajstić information content (AvgIpc) is 2.53. The maximum atomic E-state index is 9.21. The van der Waals surface area contributed by atoms with Crippen LogP contribution in [0.5, 0.6) is 5.75 Å². The number of aliphatic hydroxyl groups excluding tert-OH is 1. The highest BCUT2D eigenvalue weighted by molar-refractivity contribution is 5.96. The molecule has 0 saturated carbocycles. The molecule has 0 saturated heterocycles. The first-order valence-electron chi connectivity index (χ1n) is 6.13. The van der Waals surface area contributed by atoms with E-state index in [9.17, 15) is 5.11 Å². The molecule has 104 valence electrons. The first-order chi connectivity index (χ1) is 9.74. The van der Waals surface area contributed by atoms with Crippen molar-refractivity contribution >= 4 is 5.84 Å². The third-order valence-corrected chi connectivity index (χ3v) is 2.89. The van der Waals surface area contributed by atoms with E-state index in [-0.39, 0.29) is 12.4 Å². The van der Waals surface area contributed by atoms with Crippen LogP contribution in [-0.2, 0) is 13.2 Å². The summed E-state index contributed by atoms with van der Waals surface area (Å²) in [6, 6.07) is 14.5. The Morgan fingerprint density at radius 3 is 2.45 bits per heavy atom. The summed E-state index contributed by atoms with van der Waals surface area (Å²) < 4.78 is 5.67. The van der Waals surface area contributed by atoms with E-state index in [1.54, 1.807) is 12.1 Å². The molecule has 0 aliphatic rings. The number of aliphatic hydroxyl groups is 1. The minimum atomic E-state index is -0.0569. The summed E-state index contributed by atoms with van der Waals surface area (Å²) in [4.78, 5) is 0. The predicted octanol–water partition coefficient (Wildman–Crippen LogP) is 1.85. The number of nitrogens with two attached hydrogens (primary N) is 1. The first kappa shape index (κ1) is 13.9. The van der Waals surface area contributed by atoms with Crippen molar-refractivity contribution in [2.24, 2.45) is 10.9 Å². The Labute approximate surface area is 116 Å². The lowest BCUT2D eigenvalue weighted by atomic mass is 10.1. The van der Waals surface area contributed by atoms with Crippen molar-refractivity contribution in [2.75, 3.05) is 0 Å². The monoisotopic (exact) mass is 272 g/mol. The fourth-order valence-electron chi connectivity index (χ4n) is 1.77. The SMILES string of the molecule is NC(=NO)c1ccc(COc2ccccc2CO)cc1. The molecule has 0 amide bonds. The molecule has 5 nitrogen and oxygen atoms in total. The Morgan fingerprint density at radius 1 is 1.10 bits per heavy atom. The van der Waals surface area contributed by atoms with Gasteiger partial charge in [-0.05, 0) is 11.6 Å². The van der Waals surface area contributed by atoms with Crippen molar-refractivity contribution in [2.45, 2.75) is 13.2 Å². The second-order valence-corrected chi connectivity index (χ2v) is 4.24. The zero-order chi connectivity index (χ0) is 14.4. The van der Waals surface area contributed by atoms with E-state index in [2.05, 4.69) is 5.16 Å². The number of hydrogen-bond donors (Lipinski definition) is 3. The van der Waals surface area contributed by atoms with Crippen molar-refractivity contribution in [3.8, 4) is 5.75 Å². The summed E-state index contributed by atoms with van der Waals surface area (Å²) in [6.07, 6.45) is 0. The number of rotatable bonds is 5. The van der Waals surface area contributed by atoms with Gasteiger partial charge in [0, 0.05) is 11.1 Å². The Hall–Kier alpha value is -2.53. The molecule has 2 rings (SSSR count). The molecule has 0 aliphatic heterocycles. The predicted molar refractivity (Wildman–Crippen MR) is 75.6 cm³/mol. The highest BCUT2D eigenvalue weighted by Crippen LogP contribution is 2.19. The van der Waals surface area contributed by atoms with Crippen LogP contribution >= 0.6 is 0 Å². The van der Waals surface area contributed by atoms with Gasteiger partial charge >= 0.3 is 0 Å². The van der Waals surface area contributed by atoms with E-state index in [4.69, 9.17) is 15.7 Å². The normalized spacial score (nSPS) is 11.3. The zero-order valence-electron chi connectivity index (χ0n) is 10.9. The zero-order valence-corrected chi connectivity index (χ0v) is 10.9. The van der Waals surface area contributed by atoms with Crippen LogP contribution < -0.4 is 10.5 Å². The average molecular weight is 272 g/mol. The van der Waals surface area contributed by atoms with Crippen molar-refractivity contribution in [1.29, 1.82) is 0 Å². The van der Waals surface area contributed by atoms with Crippen LogP contribution in [0.1, 0.15) is 16.7 Å². The molecule has 2 aromatic carbocycles. The molecule has 0 spiro atoms. The quantitative estimate of drug-likeness (QED) is 0.335. The van der Waals surface area contributed by atoms with E-state index < -0.39 is 0 Å². The van der Waals surface area contributed by atoms with Crippen LogP contribution in [-0.4, -0.2) is 16.1 Å². The molecule has 0 aromatic heterocycles. The molecule has 0 heterocycles. The summed E-state index contributed by atoms with van der Waals surface area (Å²) >= 11 is 0. The number of nitrogens with zero attached hydrogens (tertiary/aromatic N) is 1. The van der Waals surface area contributed by atoms with Crippen LogP contribution in [0.3, 0.4) is 0 Å². The minimum absolute atomic E-state index is 0.0569. The van der Waals surface area contributed by atoms with Gasteiger partial charge in [-0.25, -0.2) is 0 Å².